The van der Waals surface area contributed by atoms with Crippen molar-refractivity contribution in [2.75, 3.05) is 18.5 Å². The van der Waals surface area contributed by atoms with Crippen molar-refractivity contribution in [2.45, 2.75) is 32.6 Å². The Hall–Kier alpha value is -3.61. The molecule has 0 heterocycles. The van der Waals surface area contributed by atoms with Crippen molar-refractivity contribution in [3.05, 3.63) is 83.4 Å². The molecule has 0 unspecified atom stereocenters. The lowest BCUT2D eigenvalue weighted by atomic mass is 10.1. The van der Waals surface area contributed by atoms with Gasteiger partial charge in [0.15, 0.2) is 0 Å². The molecule has 0 fully saturated rings. The summed E-state index contributed by atoms with van der Waals surface area (Å²) >= 11 is 3.45. The average molecular weight is 530 g/mol. The Kier molecular flexibility index (Phi) is 10.9. The number of nitrogens with zero attached hydrogens (tertiary/aromatic N) is 3. The maximum atomic E-state index is 9.29. The van der Waals surface area contributed by atoms with Crippen LogP contribution in [0.2, 0.25) is 0 Å². The van der Waals surface area contributed by atoms with E-state index in [9.17, 15) is 5.26 Å². The molecule has 0 bridgehead atoms. The topological polar surface area (TPSA) is 67.0 Å². The first-order valence-electron chi connectivity index (χ1n) is 11.7. The van der Waals surface area contributed by atoms with Crippen LogP contribution in [0.15, 0.2) is 77.0 Å². The summed E-state index contributed by atoms with van der Waals surface area (Å²) in [7, 11) is 0. The predicted octanol–water partition coefficient (Wildman–Crippen LogP) is 8.11. The summed E-state index contributed by atoms with van der Waals surface area (Å²) < 4.78 is 11.2. The van der Waals surface area contributed by atoms with Gasteiger partial charge in [-0.2, -0.15) is 15.5 Å². The zero-order valence-corrected chi connectivity index (χ0v) is 21.4. The Morgan fingerprint density at radius 3 is 2.06 bits per heavy atom. The van der Waals surface area contributed by atoms with Crippen molar-refractivity contribution in [3.63, 3.8) is 0 Å². The van der Waals surface area contributed by atoms with E-state index in [1.54, 1.807) is 12.1 Å². The number of benzene rings is 3. The van der Waals surface area contributed by atoms with Crippen LogP contribution >= 0.6 is 15.9 Å². The van der Waals surface area contributed by atoms with Gasteiger partial charge in [-0.25, -0.2) is 0 Å². The minimum atomic E-state index is 0.481. The zero-order chi connectivity index (χ0) is 24.7. The van der Waals surface area contributed by atoms with E-state index in [-0.39, 0.29) is 0 Å². The third-order valence-electron chi connectivity index (χ3n) is 5.03. The maximum Gasteiger partial charge on any atom is 0.137 e. The summed E-state index contributed by atoms with van der Waals surface area (Å²) in [5.41, 5.74) is 3.60. The second-order valence-electron chi connectivity index (χ2n) is 7.70. The van der Waals surface area contributed by atoms with Crippen LogP contribution in [0.5, 0.6) is 11.5 Å². The number of unbranched alkanes of at least 4 members (excludes halogenated alkanes) is 3. The van der Waals surface area contributed by atoms with Gasteiger partial charge in [0, 0.05) is 16.5 Å². The van der Waals surface area contributed by atoms with E-state index in [4.69, 9.17) is 9.47 Å². The van der Waals surface area contributed by atoms with Gasteiger partial charge in [-0.3, -0.25) is 0 Å². The second kappa shape index (κ2) is 14.6. The predicted molar refractivity (Wildman–Crippen MR) is 143 cm³/mol. The van der Waals surface area contributed by atoms with Crippen molar-refractivity contribution < 1.29 is 9.47 Å². The molecule has 6 heteroatoms. The Bertz CT molecular complexity index is 1200. The first kappa shape index (κ1) is 26.0. The van der Waals surface area contributed by atoms with Crippen molar-refractivity contribution in [1.29, 1.82) is 5.26 Å². The number of rotatable bonds is 11. The minimum Gasteiger partial charge on any atom is -0.494 e. The summed E-state index contributed by atoms with van der Waals surface area (Å²) in [6, 6.07) is 22.7. The van der Waals surface area contributed by atoms with Gasteiger partial charge in [0.1, 0.15) is 17.6 Å². The van der Waals surface area contributed by atoms with Gasteiger partial charge in [-0.1, -0.05) is 40.6 Å². The molecule has 0 saturated heterocycles. The van der Waals surface area contributed by atoms with Crippen LogP contribution in [0.3, 0.4) is 0 Å². The Balaban J connectivity index is 1.53. The SMILES string of the molecule is CCOc1ccc(C#Cc2ccc(N=Nc3ccc(OCCCCCCBr)cc3)cc2)cc1C#N. The molecule has 3 aromatic carbocycles. The Labute approximate surface area is 215 Å². The van der Waals surface area contributed by atoms with E-state index in [2.05, 4.69) is 44.1 Å². The van der Waals surface area contributed by atoms with Crippen LogP contribution in [0.4, 0.5) is 11.4 Å². The van der Waals surface area contributed by atoms with E-state index in [0.29, 0.717) is 17.9 Å². The standard InChI is InChI=1S/C29H28BrN3O2/c1-2-34-29-18-11-24(21-25(29)22-31)8-7-23-9-12-26(13-10-23)32-33-27-14-16-28(17-15-27)35-20-6-4-3-5-19-30/h9-18,21H,2-6,19-20H2,1H3. The molecule has 0 aromatic heterocycles. The molecule has 3 rings (SSSR count). The highest BCUT2D eigenvalue weighted by molar-refractivity contribution is 9.09. The molecule has 0 aliphatic carbocycles. The van der Waals surface area contributed by atoms with Gasteiger partial charge >= 0.3 is 0 Å². The van der Waals surface area contributed by atoms with E-state index < -0.39 is 0 Å². The third-order valence-corrected chi connectivity index (χ3v) is 5.59. The van der Waals surface area contributed by atoms with Crippen molar-refractivity contribution in [1.82, 2.24) is 0 Å². The van der Waals surface area contributed by atoms with E-state index in [1.165, 1.54) is 19.3 Å². The Morgan fingerprint density at radius 2 is 1.40 bits per heavy atom. The lowest BCUT2D eigenvalue weighted by Gasteiger charge is -2.05. The normalized spacial score (nSPS) is 10.4. The highest BCUT2D eigenvalue weighted by Crippen LogP contribution is 2.22. The average Bonchev–Trinajstić information content (AvgIpc) is 2.90. The number of ether oxygens (including phenoxy) is 2. The Morgan fingerprint density at radius 1 is 0.771 bits per heavy atom. The summed E-state index contributed by atoms with van der Waals surface area (Å²) in [5, 5.41) is 19.0. The van der Waals surface area contributed by atoms with Crippen molar-refractivity contribution in [2.24, 2.45) is 10.2 Å². The maximum absolute atomic E-state index is 9.29. The molecular weight excluding hydrogens is 502 g/mol. The summed E-state index contributed by atoms with van der Waals surface area (Å²) in [5.74, 6) is 7.63. The molecule has 5 nitrogen and oxygen atoms in total. The van der Waals surface area contributed by atoms with E-state index >= 15 is 0 Å². The number of azo groups is 1. The number of nitriles is 1. The van der Waals surface area contributed by atoms with Crippen LogP contribution in [0.25, 0.3) is 0 Å². The molecule has 0 saturated carbocycles. The smallest absolute Gasteiger partial charge is 0.137 e. The number of hydrogen-bond acceptors (Lipinski definition) is 5. The molecular formula is C29H28BrN3O2. The fourth-order valence-electron chi connectivity index (χ4n) is 3.20. The molecule has 0 spiro atoms. The van der Waals surface area contributed by atoms with Crippen LogP contribution in [0, 0.1) is 23.2 Å². The number of alkyl halides is 1. The summed E-state index contributed by atoms with van der Waals surface area (Å²) in [6.45, 7) is 3.14. The first-order valence-corrected chi connectivity index (χ1v) is 12.8. The second-order valence-corrected chi connectivity index (χ2v) is 8.49. The highest BCUT2D eigenvalue weighted by Gasteiger charge is 2.03. The molecule has 0 amide bonds. The molecule has 0 N–H and O–H groups in total. The molecule has 35 heavy (non-hydrogen) atoms. The molecule has 0 aliphatic rings. The monoisotopic (exact) mass is 529 g/mol. The lowest BCUT2D eigenvalue weighted by molar-refractivity contribution is 0.305. The summed E-state index contributed by atoms with van der Waals surface area (Å²) in [6.07, 6.45) is 4.69. The van der Waals surface area contributed by atoms with Crippen LogP contribution in [-0.2, 0) is 0 Å². The quantitative estimate of drug-likeness (QED) is 0.109. The van der Waals surface area contributed by atoms with Gasteiger partial charge in [0.05, 0.1) is 30.2 Å². The highest BCUT2D eigenvalue weighted by atomic mass is 79.9. The molecule has 3 aromatic rings. The molecule has 0 aliphatic heterocycles. The van der Waals surface area contributed by atoms with Crippen molar-refractivity contribution >= 4 is 27.3 Å². The van der Waals surface area contributed by atoms with E-state index in [1.807, 2.05) is 61.5 Å². The largest absolute Gasteiger partial charge is 0.494 e. The van der Waals surface area contributed by atoms with Crippen LogP contribution < -0.4 is 9.47 Å². The van der Waals surface area contributed by atoms with Gasteiger partial charge in [-0.15, -0.1) is 0 Å². The first-order chi connectivity index (χ1) is 17.2. The van der Waals surface area contributed by atoms with Gasteiger partial charge in [0.25, 0.3) is 0 Å². The number of hydrogen-bond donors (Lipinski definition) is 0. The number of halogens is 1. The third kappa shape index (κ3) is 8.92. The molecule has 178 valence electrons. The van der Waals surface area contributed by atoms with Gasteiger partial charge < -0.3 is 9.47 Å². The fourth-order valence-corrected chi connectivity index (χ4v) is 3.59. The van der Waals surface area contributed by atoms with Crippen LogP contribution in [-0.4, -0.2) is 18.5 Å². The van der Waals surface area contributed by atoms with Gasteiger partial charge in [0.2, 0.25) is 0 Å². The van der Waals surface area contributed by atoms with Gasteiger partial charge in [-0.05, 0) is 86.5 Å². The van der Waals surface area contributed by atoms with Crippen molar-refractivity contribution in [3.8, 4) is 29.4 Å². The fraction of sp³-hybridized carbons (Fsp3) is 0.276. The molecule has 0 atom stereocenters. The van der Waals surface area contributed by atoms with E-state index in [0.717, 1.165) is 46.6 Å². The van der Waals surface area contributed by atoms with Crippen LogP contribution in [0.1, 0.15) is 49.3 Å². The summed E-state index contributed by atoms with van der Waals surface area (Å²) in [4.78, 5) is 0. The molecule has 0 radical (unpaired) electrons. The minimum absolute atomic E-state index is 0.481. The lowest BCUT2D eigenvalue weighted by Crippen LogP contribution is -1.96. The zero-order valence-electron chi connectivity index (χ0n) is 19.8.